The van der Waals surface area contributed by atoms with Gasteiger partial charge in [-0.1, -0.05) is 32.1 Å². The second-order valence-electron chi connectivity index (χ2n) is 7.40. The summed E-state index contributed by atoms with van der Waals surface area (Å²) in [6.07, 6.45) is 11.5. The minimum atomic E-state index is 0.813. The van der Waals surface area contributed by atoms with E-state index in [1.807, 2.05) is 18.4 Å². The Labute approximate surface area is 153 Å². The highest BCUT2D eigenvalue weighted by atomic mass is 32.1. The molecule has 2 aliphatic rings. The molecule has 0 aromatic carbocycles. The fourth-order valence-electron chi connectivity index (χ4n) is 4.34. The average Bonchev–Trinajstić information content (AvgIpc) is 3.15. The van der Waals surface area contributed by atoms with Crippen molar-refractivity contribution in [1.29, 1.82) is 0 Å². The Hall–Kier alpha value is -1.69. The van der Waals surface area contributed by atoms with Gasteiger partial charge in [-0.3, -0.25) is 0 Å². The molecule has 134 valence electrons. The molecule has 4 rings (SSSR count). The van der Waals surface area contributed by atoms with E-state index in [4.69, 9.17) is 9.97 Å². The average molecular weight is 358 g/mol. The maximum absolute atomic E-state index is 4.78. The fourth-order valence-corrected chi connectivity index (χ4v) is 4.87. The van der Waals surface area contributed by atoms with Crippen LogP contribution in [0.2, 0.25) is 0 Å². The molecular formula is C19H27N5S. The highest BCUT2D eigenvalue weighted by Crippen LogP contribution is 2.35. The smallest absolute Gasteiger partial charge is 0.227 e. The zero-order valence-electron chi connectivity index (χ0n) is 14.9. The monoisotopic (exact) mass is 357 g/mol. The van der Waals surface area contributed by atoms with Gasteiger partial charge in [-0.05, 0) is 31.6 Å². The molecule has 5 nitrogen and oxygen atoms in total. The molecule has 0 spiro atoms. The van der Waals surface area contributed by atoms with E-state index in [0.29, 0.717) is 0 Å². The van der Waals surface area contributed by atoms with Crippen molar-refractivity contribution in [3.05, 3.63) is 23.3 Å². The third-order valence-corrected chi connectivity index (χ3v) is 6.26. The minimum absolute atomic E-state index is 0.813. The summed E-state index contributed by atoms with van der Waals surface area (Å²) in [5.41, 5.74) is 1.00. The predicted octanol–water partition coefficient (Wildman–Crippen LogP) is 4.78. The number of aromatic nitrogens is 3. The number of hydrogen-bond donors (Lipinski definition) is 1. The van der Waals surface area contributed by atoms with E-state index in [9.17, 15) is 0 Å². The van der Waals surface area contributed by atoms with Crippen molar-refractivity contribution < 1.29 is 0 Å². The van der Waals surface area contributed by atoms with E-state index in [1.165, 1.54) is 44.9 Å². The maximum atomic E-state index is 4.78. The van der Waals surface area contributed by atoms with Crippen molar-refractivity contribution in [2.75, 3.05) is 23.3 Å². The first kappa shape index (κ1) is 16.8. The van der Waals surface area contributed by atoms with Gasteiger partial charge in [0.25, 0.3) is 0 Å². The van der Waals surface area contributed by atoms with E-state index in [-0.39, 0.29) is 0 Å². The molecule has 2 aromatic heterocycles. The molecule has 1 aliphatic heterocycles. The molecule has 1 saturated carbocycles. The third kappa shape index (κ3) is 4.11. The first-order chi connectivity index (χ1) is 12.3. The fraction of sp³-hybridized carbons (Fsp3) is 0.632. The predicted molar refractivity (Wildman–Crippen MR) is 104 cm³/mol. The van der Waals surface area contributed by atoms with Crippen LogP contribution in [0.15, 0.2) is 17.6 Å². The molecule has 2 aromatic rings. The lowest BCUT2D eigenvalue weighted by atomic mass is 9.76. The molecule has 1 aliphatic carbocycles. The summed E-state index contributed by atoms with van der Waals surface area (Å²) < 4.78 is 0. The molecule has 0 radical (unpaired) electrons. The SMILES string of the molecule is Cc1cc(Nc2nccs2)nc(N2CCCC(C3CCCCC3)C2)n1. The van der Waals surface area contributed by atoms with Crippen LogP contribution >= 0.6 is 11.3 Å². The Morgan fingerprint density at radius 2 is 1.92 bits per heavy atom. The number of rotatable bonds is 4. The molecular weight excluding hydrogens is 330 g/mol. The Morgan fingerprint density at radius 1 is 1.08 bits per heavy atom. The number of piperidine rings is 1. The van der Waals surface area contributed by atoms with Gasteiger partial charge in [-0.25, -0.2) is 9.97 Å². The molecule has 2 fully saturated rings. The molecule has 1 atom stereocenters. The van der Waals surface area contributed by atoms with Crippen LogP contribution in [-0.4, -0.2) is 28.0 Å². The van der Waals surface area contributed by atoms with E-state index in [0.717, 1.165) is 47.5 Å². The second kappa shape index (κ2) is 7.68. The van der Waals surface area contributed by atoms with Gasteiger partial charge in [0.1, 0.15) is 5.82 Å². The van der Waals surface area contributed by atoms with Crippen LogP contribution in [0.1, 0.15) is 50.6 Å². The van der Waals surface area contributed by atoms with Crippen LogP contribution in [0, 0.1) is 18.8 Å². The van der Waals surface area contributed by atoms with Gasteiger partial charge in [-0.15, -0.1) is 11.3 Å². The van der Waals surface area contributed by atoms with Crippen molar-refractivity contribution in [1.82, 2.24) is 15.0 Å². The summed E-state index contributed by atoms with van der Waals surface area (Å²) in [4.78, 5) is 16.2. The van der Waals surface area contributed by atoms with E-state index < -0.39 is 0 Å². The third-order valence-electron chi connectivity index (χ3n) is 5.57. The maximum Gasteiger partial charge on any atom is 0.227 e. The number of hydrogen-bond acceptors (Lipinski definition) is 6. The van der Waals surface area contributed by atoms with Gasteiger partial charge < -0.3 is 10.2 Å². The van der Waals surface area contributed by atoms with Gasteiger partial charge >= 0.3 is 0 Å². The molecule has 25 heavy (non-hydrogen) atoms. The summed E-state index contributed by atoms with van der Waals surface area (Å²) >= 11 is 1.59. The molecule has 6 heteroatoms. The van der Waals surface area contributed by atoms with Crippen molar-refractivity contribution >= 4 is 28.2 Å². The summed E-state index contributed by atoms with van der Waals surface area (Å²) in [5, 5.41) is 6.15. The standard InChI is InChI=1S/C19H27N5S/c1-14-12-17(23-19-20-9-11-25-19)22-18(21-14)24-10-5-8-16(13-24)15-6-3-2-4-7-15/h9,11-12,15-16H,2-8,10,13H2,1H3,(H,20,21,22,23). The van der Waals surface area contributed by atoms with Gasteiger partial charge in [-0.2, -0.15) is 4.98 Å². The zero-order valence-corrected chi connectivity index (χ0v) is 15.8. The zero-order chi connectivity index (χ0) is 17.1. The first-order valence-electron chi connectivity index (χ1n) is 9.55. The van der Waals surface area contributed by atoms with Crippen molar-refractivity contribution in [2.45, 2.75) is 51.9 Å². The highest BCUT2D eigenvalue weighted by molar-refractivity contribution is 7.13. The number of anilines is 3. The Morgan fingerprint density at radius 3 is 2.72 bits per heavy atom. The van der Waals surface area contributed by atoms with Crippen molar-refractivity contribution in [3.63, 3.8) is 0 Å². The molecule has 3 heterocycles. The van der Waals surface area contributed by atoms with Crippen LogP contribution in [0.4, 0.5) is 16.9 Å². The topological polar surface area (TPSA) is 53.9 Å². The quantitative estimate of drug-likeness (QED) is 0.853. The van der Waals surface area contributed by atoms with Gasteiger partial charge in [0, 0.05) is 36.4 Å². The lowest BCUT2D eigenvalue weighted by molar-refractivity contribution is 0.220. The van der Waals surface area contributed by atoms with Gasteiger partial charge in [0.15, 0.2) is 5.13 Å². The lowest BCUT2D eigenvalue weighted by Crippen LogP contribution is -2.40. The van der Waals surface area contributed by atoms with Crippen LogP contribution in [0.5, 0.6) is 0 Å². The molecule has 1 N–H and O–H groups in total. The van der Waals surface area contributed by atoms with Crippen LogP contribution in [-0.2, 0) is 0 Å². The number of nitrogens with one attached hydrogen (secondary N) is 1. The van der Waals surface area contributed by atoms with Gasteiger partial charge in [0.05, 0.1) is 0 Å². The van der Waals surface area contributed by atoms with E-state index >= 15 is 0 Å². The summed E-state index contributed by atoms with van der Waals surface area (Å²) in [6.45, 7) is 4.23. The number of thiazole rings is 1. The van der Waals surface area contributed by atoms with E-state index in [1.54, 1.807) is 17.5 Å². The summed E-state index contributed by atoms with van der Waals surface area (Å²) in [6, 6.07) is 1.99. The summed E-state index contributed by atoms with van der Waals surface area (Å²) in [5.74, 6) is 3.44. The Kier molecular flexibility index (Phi) is 5.15. The van der Waals surface area contributed by atoms with Crippen molar-refractivity contribution in [3.8, 4) is 0 Å². The largest absolute Gasteiger partial charge is 0.340 e. The molecule has 1 saturated heterocycles. The second-order valence-corrected chi connectivity index (χ2v) is 8.30. The number of nitrogens with zero attached hydrogens (tertiary/aromatic N) is 4. The van der Waals surface area contributed by atoms with Crippen LogP contribution < -0.4 is 10.2 Å². The Bertz CT molecular complexity index is 681. The number of aryl methyl sites for hydroxylation is 1. The van der Waals surface area contributed by atoms with Gasteiger partial charge in [0.2, 0.25) is 5.95 Å². The lowest BCUT2D eigenvalue weighted by Gasteiger charge is -2.38. The van der Waals surface area contributed by atoms with Crippen LogP contribution in [0.3, 0.4) is 0 Å². The molecule has 0 amide bonds. The first-order valence-corrected chi connectivity index (χ1v) is 10.4. The normalized spacial score (nSPS) is 22.1. The minimum Gasteiger partial charge on any atom is -0.340 e. The van der Waals surface area contributed by atoms with E-state index in [2.05, 4.69) is 15.2 Å². The molecule has 0 bridgehead atoms. The summed E-state index contributed by atoms with van der Waals surface area (Å²) in [7, 11) is 0. The molecule has 1 unspecified atom stereocenters. The van der Waals surface area contributed by atoms with Crippen LogP contribution in [0.25, 0.3) is 0 Å². The highest BCUT2D eigenvalue weighted by Gasteiger charge is 2.29. The van der Waals surface area contributed by atoms with Crippen molar-refractivity contribution in [2.24, 2.45) is 11.8 Å². The Balaban J connectivity index is 1.49.